The molecule has 62 heavy (non-hydrogen) atoms. The first kappa shape index (κ1) is 49.5. The number of hydrogen-bond donors (Lipinski definition) is 4. The summed E-state index contributed by atoms with van der Waals surface area (Å²) in [4.78, 5) is 35.0. The third-order valence-electron chi connectivity index (χ3n) is 13.2. The highest BCUT2D eigenvalue weighted by molar-refractivity contribution is 6.03. The molecule has 1 aromatic rings. The lowest BCUT2D eigenvalue weighted by atomic mass is 9.55. The molecule has 0 aromatic heterocycles. The second kappa shape index (κ2) is 26.3. The Morgan fingerprint density at radius 2 is 1.65 bits per heavy atom. The Kier molecular flexibility index (Phi) is 21.0. The summed E-state index contributed by atoms with van der Waals surface area (Å²) in [5.41, 5.74) is 2.52. The molecule has 0 spiro atoms. The predicted octanol–water partition coefficient (Wildman–Crippen LogP) is 8.21. The number of hydrogen-bond acceptors (Lipinski definition) is 11. The van der Waals surface area contributed by atoms with Crippen molar-refractivity contribution in [1.82, 2.24) is 10.2 Å². The lowest BCUT2D eigenvalue weighted by molar-refractivity contribution is -0.258. The zero-order valence-corrected chi connectivity index (χ0v) is 37.7. The third kappa shape index (κ3) is 13.3. The van der Waals surface area contributed by atoms with Crippen LogP contribution in [0.1, 0.15) is 140 Å². The van der Waals surface area contributed by atoms with E-state index in [-0.39, 0.29) is 75.8 Å². The Hall–Kier alpha value is -3.49. The number of amides is 2. The van der Waals surface area contributed by atoms with Gasteiger partial charge in [0.15, 0.2) is 0 Å². The van der Waals surface area contributed by atoms with Crippen LogP contribution in [0.3, 0.4) is 0 Å². The van der Waals surface area contributed by atoms with E-state index in [9.17, 15) is 24.9 Å². The average molecular weight is 868 g/mol. The molecule has 1 aliphatic heterocycles. The molecule has 4 aliphatic rings. The summed E-state index contributed by atoms with van der Waals surface area (Å²) in [6, 6.07) is 4.89. The predicted molar refractivity (Wildman–Crippen MR) is 240 cm³/mol. The molecule has 6 unspecified atom stereocenters. The molecule has 1 aromatic carbocycles. The summed E-state index contributed by atoms with van der Waals surface area (Å²) in [5.74, 6) is -1.11. The number of carbonyl (C=O) groups is 2. The van der Waals surface area contributed by atoms with E-state index in [1.165, 1.54) is 52.1 Å². The van der Waals surface area contributed by atoms with Gasteiger partial charge in [-0.2, -0.15) is 0 Å². The smallest absolute Gasteiger partial charge is 0.412 e. The largest absolute Gasteiger partial charge is 0.459 e. The van der Waals surface area contributed by atoms with E-state index in [1.807, 2.05) is 17.0 Å². The molecular formula is C49H77N3O10. The fraction of sp³-hybridized carbons (Fsp3) is 0.735. The monoisotopic (exact) mass is 868 g/mol. The Balaban J connectivity index is 1.50. The van der Waals surface area contributed by atoms with Crippen molar-refractivity contribution in [2.24, 2.45) is 28.8 Å². The van der Waals surface area contributed by atoms with E-state index < -0.39 is 23.8 Å². The van der Waals surface area contributed by atoms with Gasteiger partial charge in [0.05, 0.1) is 38.1 Å². The number of aliphatic hydroxyl groups is 3. The number of fused-ring (bicyclic) bond motifs is 2. The van der Waals surface area contributed by atoms with Gasteiger partial charge in [0, 0.05) is 50.1 Å². The van der Waals surface area contributed by atoms with Crippen LogP contribution in [0.4, 0.5) is 4.79 Å². The number of allylic oxidation sites excluding steroid dienone is 1. The first-order chi connectivity index (χ1) is 30.4. The molecule has 13 nitrogen and oxygen atoms in total. The van der Waals surface area contributed by atoms with Gasteiger partial charge in [-0.3, -0.25) is 4.79 Å². The van der Waals surface area contributed by atoms with Crippen molar-refractivity contribution < 1.29 is 48.7 Å². The van der Waals surface area contributed by atoms with Crippen LogP contribution in [-0.2, 0) is 19.1 Å². The second-order valence-corrected chi connectivity index (χ2v) is 17.6. The number of unbranched alkanes of at least 4 members (excludes halogenated alkanes) is 11. The number of nitrogens with zero attached hydrogens (tertiary/aromatic N) is 2. The fourth-order valence-electron chi connectivity index (χ4n) is 10.1. The second-order valence-electron chi connectivity index (χ2n) is 17.6. The standard InChI is InChI=1S/C49H77N3O10/c1-4-6-7-8-9-10-11-12-13-16-25-50-48(57)61-38-23-24-43-41(34-38)45-39(20-15-18-28-54)37(19-14-17-27-53)33-40-42(51-58-3)35-44(49(62-43,46(40)45)60-30-5-2)52(26-31-59-32-29-55)47(56)36-21-22-36/h5,23-24,33-34,36-37,39,44-46,53-55H,2,4,6-22,25-32,35H2,1,3H3,(H,50,57). The number of rotatable bonds is 31. The molecule has 3 aliphatic carbocycles. The molecule has 4 N–H and O–H groups in total. The van der Waals surface area contributed by atoms with Gasteiger partial charge in [0.2, 0.25) is 11.7 Å². The maximum atomic E-state index is 14.4. The van der Waals surface area contributed by atoms with E-state index >= 15 is 0 Å². The summed E-state index contributed by atoms with van der Waals surface area (Å²) < 4.78 is 26.0. The molecule has 6 atom stereocenters. The fourth-order valence-corrected chi connectivity index (χ4v) is 10.1. The molecule has 0 radical (unpaired) electrons. The summed E-state index contributed by atoms with van der Waals surface area (Å²) in [6.45, 7) is 7.63. The summed E-state index contributed by atoms with van der Waals surface area (Å²) in [5, 5.41) is 36.8. The zero-order chi connectivity index (χ0) is 44.2. The van der Waals surface area contributed by atoms with E-state index in [4.69, 9.17) is 23.8 Å². The van der Waals surface area contributed by atoms with Crippen LogP contribution in [0.25, 0.3) is 0 Å². The van der Waals surface area contributed by atoms with Gasteiger partial charge in [-0.15, -0.1) is 6.58 Å². The van der Waals surface area contributed by atoms with Crippen molar-refractivity contribution in [3.05, 3.63) is 48.1 Å². The summed E-state index contributed by atoms with van der Waals surface area (Å²) in [6.07, 6.45) is 22.1. The van der Waals surface area contributed by atoms with Crippen LogP contribution in [-0.4, -0.2) is 110 Å². The van der Waals surface area contributed by atoms with Gasteiger partial charge < -0.3 is 49.3 Å². The number of carbonyl (C=O) groups excluding carboxylic acids is 2. The molecule has 5 rings (SSSR count). The Morgan fingerprint density at radius 1 is 0.935 bits per heavy atom. The molecule has 0 saturated heterocycles. The first-order valence-corrected chi connectivity index (χ1v) is 23.9. The Morgan fingerprint density at radius 3 is 2.31 bits per heavy atom. The SMILES string of the molecule is C=CCOC12Oc3ccc(OC(=O)NCCCCCCCCCCCC)cc3C3C(CCCCO)C(CCCCO)C=C(C(=NOC)CC1N(CCOCCO)C(=O)C1CC1)C32. The van der Waals surface area contributed by atoms with E-state index in [2.05, 4.69) is 30.1 Å². The molecule has 1 heterocycles. The normalized spacial score (nSPS) is 24.4. The van der Waals surface area contributed by atoms with Gasteiger partial charge in [-0.25, -0.2) is 4.79 Å². The van der Waals surface area contributed by atoms with Crippen LogP contribution < -0.4 is 14.8 Å². The number of benzene rings is 1. The molecule has 2 fully saturated rings. The highest BCUT2D eigenvalue weighted by Crippen LogP contribution is 2.62. The lowest BCUT2D eigenvalue weighted by Crippen LogP contribution is -2.70. The number of ether oxygens (including phenoxy) is 4. The molecule has 348 valence electrons. The van der Waals surface area contributed by atoms with Crippen LogP contribution in [0.15, 0.2) is 47.7 Å². The van der Waals surface area contributed by atoms with Crippen molar-refractivity contribution in [3.8, 4) is 11.5 Å². The summed E-state index contributed by atoms with van der Waals surface area (Å²) in [7, 11) is 1.53. The van der Waals surface area contributed by atoms with Gasteiger partial charge in [-0.05, 0) is 80.6 Å². The van der Waals surface area contributed by atoms with Gasteiger partial charge in [-0.1, -0.05) is 94.9 Å². The van der Waals surface area contributed by atoms with Gasteiger partial charge in [0.1, 0.15) is 24.7 Å². The minimum absolute atomic E-state index is 0.00377. The molecule has 0 bridgehead atoms. The molecule has 2 amide bonds. The number of oxime groups is 1. The Bertz CT molecular complexity index is 1600. The number of aliphatic hydroxyl groups excluding tert-OH is 3. The minimum atomic E-state index is -1.38. The lowest BCUT2D eigenvalue weighted by Gasteiger charge is -2.60. The van der Waals surface area contributed by atoms with Crippen molar-refractivity contribution in [2.75, 3.05) is 59.8 Å². The maximum absolute atomic E-state index is 14.4. The number of nitrogens with one attached hydrogen (secondary N) is 1. The van der Waals surface area contributed by atoms with E-state index in [0.29, 0.717) is 43.0 Å². The highest BCUT2D eigenvalue weighted by atomic mass is 16.7. The molecule has 2 saturated carbocycles. The maximum Gasteiger partial charge on any atom is 0.412 e. The molecular weight excluding hydrogens is 791 g/mol. The van der Waals surface area contributed by atoms with Crippen molar-refractivity contribution in [1.29, 1.82) is 0 Å². The van der Waals surface area contributed by atoms with Crippen molar-refractivity contribution in [2.45, 2.75) is 147 Å². The zero-order valence-electron chi connectivity index (χ0n) is 37.7. The van der Waals surface area contributed by atoms with Crippen LogP contribution in [0.5, 0.6) is 11.5 Å². The van der Waals surface area contributed by atoms with Crippen LogP contribution in [0, 0.1) is 23.7 Å². The van der Waals surface area contributed by atoms with E-state index in [0.717, 1.165) is 68.9 Å². The topological polar surface area (TPSA) is 169 Å². The van der Waals surface area contributed by atoms with Crippen LogP contribution in [0.2, 0.25) is 0 Å². The summed E-state index contributed by atoms with van der Waals surface area (Å²) >= 11 is 0. The molecule has 13 heteroatoms. The third-order valence-corrected chi connectivity index (χ3v) is 13.2. The van der Waals surface area contributed by atoms with Crippen molar-refractivity contribution in [3.63, 3.8) is 0 Å². The minimum Gasteiger partial charge on any atom is -0.459 e. The highest BCUT2D eigenvalue weighted by Gasteiger charge is 2.66. The van der Waals surface area contributed by atoms with Gasteiger partial charge in [0.25, 0.3) is 0 Å². The van der Waals surface area contributed by atoms with Gasteiger partial charge >= 0.3 is 6.09 Å². The average Bonchev–Trinajstić information content (AvgIpc) is 4.13. The van der Waals surface area contributed by atoms with E-state index in [1.54, 1.807) is 12.1 Å². The van der Waals surface area contributed by atoms with Crippen LogP contribution >= 0.6 is 0 Å². The Labute approximate surface area is 370 Å². The first-order valence-electron chi connectivity index (χ1n) is 23.9. The quantitative estimate of drug-likeness (QED) is 0.0324. The van der Waals surface area contributed by atoms with Crippen molar-refractivity contribution >= 4 is 17.7 Å².